The molecule has 0 radical (unpaired) electrons. The highest BCUT2D eigenvalue weighted by atomic mass is 17.3. The summed E-state index contributed by atoms with van der Waals surface area (Å²) in [4.78, 5) is 20.0. The smallest absolute Gasteiger partial charge is 0.323 e. The average molecular weight is 225 g/mol. The van der Waals surface area contributed by atoms with Crippen LogP contribution >= 0.6 is 0 Å². The monoisotopic (exact) mass is 225 g/mol. The van der Waals surface area contributed by atoms with Gasteiger partial charge in [0.05, 0.1) is 6.61 Å². The Bertz CT molecular complexity index is 315. The lowest BCUT2D eigenvalue weighted by molar-refractivity contribution is -0.338. The largest absolute Gasteiger partial charge is 0.480 e. The van der Waals surface area contributed by atoms with E-state index >= 15 is 0 Å². The van der Waals surface area contributed by atoms with Crippen LogP contribution in [0.25, 0.3) is 0 Å². The topological polar surface area (TPSA) is 67.8 Å². The molecular weight excluding hydrogens is 210 g/mol. The number of hydrogen-bond donors (Lipinski definition) is 2. The number of hydroxylamine groups is 1. The van der Waals surface area contributed by atoms with Gasteiger partial charge in [-0.25, -0.2) is 4.89 Å². The molecule has 1 atom stereocenters. The van der Waals surface area contributed by atoms with Crippen LogP contribution in [0.2, 0.25) is 0 Å². The highest BCUT2D eigenvalue weighted by Gasteiger charge is 2.18. The Kier molecular flexibility index (Phi) is 5.49. The minimum Gasteiger partial charge on any atom is -0.480 e. The molecule has 0 fully saturated rings. The zero-order chi connectivity index (χ0) is 11.8. The molecule has 0 aliphatic rings. The molecule has 1 aromatic rings. The van der Waals surface area contributed by atoms with Gasteiger partial charge in [0.1, 0.15) is 6.04 Å². The quantitative estimate of drug-likeness (QED) is 0.414. The predicted molar refractivity (Wildman–Crippen MR) is 57.4 cm³/mol. The van der Waals surface area contributed by atoms with Crippen molar-refractivity contribution in [2.45, 2.75) is 19.4 Å². The Morgan fingerprint density at radius 2 is 2.12 bits per heavy atom. The number of nitrogens with one attached hydrogen (secondary N) is 1. The summed E-state index contributed by atoms with van der Waals surface area (Å²) in [5.41, 5.74) is 3.27. The third-order valence-electron chi connectivity index (χ3n) is 1.95. The standard InChI is InChI=1S/C11H15NO4/c1-2-15-16-12-10(11(13)14)8-9-6-4-3-5-7-9/h3-7,10,12H,2,8H2,1H3,(H,13,14)/t10-/m0/s1. The lowest BCUT2D eigenvalue weighted by atomic mass is 10.1. The maximum Gasteiger partial charge on any atom is 0.323 e. The van der Waals surface area contributed by atoms with Gasteiger partial charge in [-0.2, -0.15) is 5.48 Å². The number of benzene rings is 1. The fourth-order valence-electron chi connectivity index (χ4n) is 1.18. The molecule has 2 N–H and O–H groups in total. The summed E-state index contributed by atoms with van der Waals surface area (Å²) in [6, 6.07) is 8.49. The second-order valence-electron chi connectivity index (χ2n) is 3.19. The highest BCUT2D eigenvalue weighted by molar-refractivity contribution is 5.73. The number of carbonyl (C=O) groups is 1. The van der Waals surface area contributed by atoms with Crippen molar-refractivity contribution in [3.8, 4) is 0 Å². The second-order valence-corrected chi connectivity index (χ2v) is 3.19. The first-order valence-electron chi connectivity index (χ1n) is 5.04. The number of rotatable bonds is 7. The van der Waals surface area contributed by atoms with Crippen LogP contribution in [-0.4, -0.2) is 23.7 Å². The van der Waals surface area contributed by atoms with Gasteiger partial charge < -0.3 is 5.11 Å². The van der Waals surface area contributed by atoms with E-state index in [0.717, 1.165) is 5.56 Å². The normalized spacial score (nSPS) is 12.3. The van der Waals surface area contributed by atoms with Crippen molar-refractivity contribution in [3.05, 3.63) is 35.9 Å². The minimum absolute atomic E-state index is 0.337. The van der Waals surface area contributed by atoms with Crippen LogP contribution in [0, 0.1) is 0 Å². The molecule has 0 spiro atoms. The van der Waals surface area contributed by atoms with E-state index in [2.05, 4.69) is 15.4 Å². The summed E-state index contributed by atoms with van der Waals surface area (Å²) >= 11 is 0. The second kappa shape index (κ2) is 6.95. The van der Waals surface area contributed by atoms with E-state index in [1.165, 1.54) is 0 Å². The van der Waals surface area contributed by atoms with Crippen LogP contribution < -0.4 is 5.48 Å². The molecule has 0 saturated heterocycles. The van der Waals surface area contributed by atoms with Crippen molar-refractivity contribution < 1.29 is 19.8 Å². The van der Waals surface area contributed by atoms with Gasteiger partial charge in [-0.05, 0) is 12.5 Å². The van der Waals surface area contributed by atoms with Gasteiger partial charge in [0.25, 0.3) is 0 Å². The Morgan fingerprint density at radius 1 is 1.44 bits per heavy atom. The van der Waals surface area contributed by atoms with Gasteiger partial charge in [-0.3, -0.25) is 4.79 Å². The van der Waals surface area contributed by atoms with Gasteiger partial charge in [0.15, 0.2) is 0 Å². The zero-order valence-corrected chi connectivity index (χ0v) is 9.05. The fraction of sp³-hybridized carbons (Fsp3) is 0.364. The van der Waals surface area contributed by atoms with Crippen molar-refractivity contribution in [1.82, 2.24) is 5.48 Å². The molecule has 0 aromatic heterocycles. The molecule has 0 saturated carbocycles. The molecule has 0 aliphatic heterocycles. The van der Waals surface area contributed by atoms with Crippen LogP contribution in [-0.2, 0) is 21.1 Å². The average Bonchev–Trinajstić information content (AvgIpc) is 2.29. The van der Waals surface area contributed by atoms with E-state index in [1.54, 1.807) is 6.92 Å². The summed E-state index contributed by atoms with van der Waals surface area (Å²) in [6.45, 7) is 2.10. The zero-order valence-electron chi connectivity index (χ0n) is 9.05. The Hall–Kier alpha value is -1.43. The number of aliphatic carboxylic acids is 1. The highest BCUT2D eigenvalue weighted by Crippen LogP contribution is 2.03. The summed E-state index contributed by atoms with van der Waals surface area (Å²) in [5.74, 6) is -0.983. The van der Waals surface area contributed by atoms with Gasteiger partial charge in [0.2, 0.25) is 0 Å². The SMILES string of the molecule is CCOON[C@@H](Cc1ccccc1)C(=O)O. The van der Waals surface area contributed by atoms with Crippen LogP contribution in [0.4, 0.5) is 0 Å². The molecule has 88 valence electrons. The minimum atomic E-state index is -0.983. The van der Waals surface area contributed by atoms with E-state index in [9.17, 15) is 4.79 Å². The molecular formula is C11H15NO4. The molecule has 0 aliphatic carbocycles. The fourth-order valence-corrected chi connectivity index (χ4v) is 1.18. The molecule has 0 bridgehead atoms. The van der Waals surface area contributed by atoms with Crippen molar-refractivity contribution in [2.75, 3.05) is 6.61 Å². The third-order valence-corrected chi connectivity index (χ3v) is 1.95. The van der Waals surface area contributed by atoms with Crippen LogP contribution in [0.5, 0.6) is 0 Å². The molecule has 0 amide bonds. The summed E-state index contributed by atoms with van der Waals surface area (Å²) in [5, 5.41) is 8.94. The van der Waals surface area contributed by atoms with E-state index in [-0.39, 0.29) is 0 Å². The van der Waals surface area contributed by atoms with E-state index in [0.29, 0.717) is 13.0 Å². The van der Waals surface area contributed by atoms with E-state index < -0.39 is 12.0 Å². The van der Waals surface area contributed by atoms with Crippen LogP contribution in [0.1, 0.15) is 12.5 Å². The maximum absolute atomic E-state index is 10.9. The van der Waals surface area contributed by atoms with Gasteiger partial charge in [-0.15, -0.1) is 4.99 Å². The molecule has 5 heteroatoms. The lowest BCUT2D eigenvalue weighted by Crippen LogP contribution is -2.38. The van der Waals surface area contributed by atoms with Crippen LogP contribution in [0.3, 0.4) is 0 Å². The molecule has 1 aromatic carbocycles. The molecule has 0 unspecified atom stereocenters. The van der Waals surface area contributed by atoms with Crippen LogP contribution in [0.15, 0.2) is 30.3 Å². The third kappa shape index (κ3) is 4.39. The lowest BCUT2D eigenvalue weighted by Gasteiger charge is -2.12. The maximum atomic E-state index is 10.9. The number of carboxylic acids is 1. The first-order valence-corrected chi connectivity index (χ1v) is 5.04. The molecule has 16 heavy (non-hydrogen) atoms. The van der Waals surface area contributed by atoms with Crippen molar-refractivity contribution >= 4 is 5.97 Å². The van der Waals surface area contributed by atoms with Crippen molar-refractivity contribution in [2.24, 2.45) is 0 Å². The number of hydrogen-bond acceptors (Lipinski definition) is 4. The van der Waals surface area contributed by atoms with Crippen molar-refractivity contribution in [1.29, 1.82) is 0 Å². The predicted octanol–water partition coefficient (Wildman–Crippen LogP) is 1.16. The summed E-state index contributed by atoms with van der Waals surface area (Å²) in [6.07, 6.45) is 0.337. The first kappa shape index (κ1) is 12.6. The van der Waals surface area contributed by atoms with Gasteiger partial charge in [0, 0.05) is 6.42 Å². The van der Waals surface area contributed by atoms with Crippen molar-refractivity contribution in [3.63, 3.8) is 0 Å². The first-order chi connectivity index (χ1) is 7.74. The molecule has 0 heterocycles. The number of carboxylic acid groups (broad SMARTS) is 1. The summed E-state index contributed by atoms with van der Waals surface area (Å²) in [7, 11) is 0. The van der Waals surface area contributed by atoms with E-state index in [4.69, 9.17) is 5.11 Å². The Balaban J connectivity index is 2.48. The Labute approximate surface area is 93.9 Å². The molecule has 5 nitrogen and oxygen atoms in total. The van der Waals surface area contributed by atoms with Gasteiger partial charge in [-0.1, -0.05) is 30.3 Å². The van der Waals surface area contributed by atoms with E-state index in [1.807, 2.05) is 30.3 Å². The summed E-state index contributed by atoms with van der Waals surface area (Å²) < 4.78 is 0. The molecule has 1 rings (SSSR count). The van der Waals surface area contributed by atoms with Gasteiger partial charge >= 0.3 is 5.97 Å². The Morgan fingerprint density at radius 3 is 2.69 bits per heavy atom.